The first-order valence-electron chi connectivity index (χ1n) is 9.29. The first-order chi connectivity index (χ1) is 13.6. The van der Waals surface area contributed by atoms with Crippen molar-refractivity contribution in [3.8, 4) is 0 Å². The third kappa shape index (κ3) is 4.47. The predicted octanol–water partition coefficient (Wildman–Crippen LogP) is 3.43. The Morgan fingerprint density at radius 2 is 2.17 bits per heavy atom. The maximum Gasteiger partial charge on any atom is 0.341 e. The van der Waals surface area contributed by atoms with Crippen LogP contribution < -0.4 is 5.32 Å². The first-order valence-corrected chi connectivity index (χ1v) is 10.1. The number of carbonyl (C=O) groups is 2. The Balaban J connectivity index is 1.82. The zero-order chi connectivity index (χ0) is 21.3. The summed E-state index contributed by atoms with van der Waals surface area (Å²) >= 11 is 1.40. The molecule has 10 heteroatoms. The summed E-state index contributed by atoms with van der Waals surface area (Å²) in [5.41, 5.74) is 1.34. The van der Waals surface area contributed by atoms with Crippen molar-refractivity contribution in [2.45, 2.75) is 46.6 Å². The fraction of sp³-hybridized carbons (Fsp3) is 0.526. The number of amides is 1. The van der Waals surface area contributed by atoms with E-state index in [-0.39, 0.29) is 17.6 Å². The zero-order valence-electron chi connectivity index (χ0n) is 16.9. The van der Waals surface area contributed by atoms with Crippen molar-refractivity contribution in [2.75, 3.05) is 12.4 Å². The summed E-state index contributed by atoms with van der Waals surface area (Å²) in [4.78, 5) is 36.2. The Kier molecular flexibility index (Phi) is 5.74. The minimum atomic E-state index is -0.574. The summed E-state index contributed by atoms with van der Waals surface area (Å²) in [5.74, 6) is -0.395. The number of nitro groups is 1. The minimum absolute atomic E-state index is 0.158. The highest BCUT2D eigenvalue weighted by molar-refractivity contribution is 7.17. The average molecular weight is 420 g/mol. The number of nitrogens with one attached hydrogen (secondary N) is 1. The van der Waals surface area contributed by atoms with Crippen molar-refractivity contribution in [3.05, 3.63) is 38.5 Å². The quantitative estimate of drug-likeness (QED) is 0.450. The number of methoxy groups -OCH3 is 1. The number of nitrogens with zero attached hydrogens (tertiary/aromatic N) is 3. The second-order valence-corrected chi connectivity index (χ2v) is 9.31. The lowest BCUT2D eigenvalue weighted by Crippen LogP contribution is -2.26. The van der Waals surface area contributed by atoms with Crippen LogP contribution in [-0.2, 0) is 28.9 Å². The van der Waals surface area contributed by atoms with Crippen molar-refractivity contribution in [1.82, 2.24) is 9.78 Å². The molecule has 0 unspecified atom stereocenters. The van der Waals surface area contributed by atoms with Crippen LogP contribution in [0.4, 0.5) is 10.7 Å². The lowest BCUT2D eigenvalue weighted by atomic mass is 9.72. The van der Waals surface area contributed by atoms with E-state index < -0.39 is 16.8 Å². The second kappa shape index (κ2) is 7.94. The molecule has 0 aliphatic heterocycles. The van der Waals surface area contributed by atoms with Gasteiger partial charge in [0.1, 0.15) is 23.9 Å². The Labute approximate surface area is 172 Å². The number of rotatable bonds is 5. The van der Waals surface area contributed by atoms with Crippen LogP contribution in [-0.4, -0.2) is 33.7 Å². The molecule has 0 aromatic carbocycles. The summed E-state index contributed by atoms with van der Waals surface area (Å²) < 4.78 is 6.14. The Morgan fingerprint density at radius 1 is 1.45 bits per heavy atom. The van der Waals surface area contributed by atoms with Crippen LogP contribution in [0.15, 0.2) is 12.4 Å². The van der Waals surface area contributed by atoms with Gasteiger partial charge in [-0.2, -0.15) is 5.10 Å². The zero-order valence-corrected chi connectivity index (χ0v) is 17.7. The molecule has 0 saturated carbocycles. The van der Waals surface area contributed by atoms with E-state index in [1.807, 2.05) is 0 Å². The molecule has 0 fully saturated rings. The Hall–Kier alpha value is -2.75. The molecule has 1 aliphatic carbocycles. The van der Waals surface area contributed by atoms with Crippen molar-refractivity contribution in [2.24, 2.45) is 11.3 Å². The van der Waals surface area contributed by atoms with Crippen LogP contribution in [0, 0.1) is 21.4 Å². The maximum absolute atomic E-state index is 12.5. The molecule has 29 heavy (non-hydrogen) atoms. The highest BCUT2D eigenvalue weighted by atomic mass is 32.1. The smallest absolute Gasteiger partial charge is 0.341 e. The van der Waals surface area contributed by atoms with Crippen molar-refractivity contribution >= 4 is 33.9 Å². The van der Waals surface area contributed by atoms with Gasteiger partial charge in [0.2, 0.25) is 5.91 Å². The molecule has 9 nitrogen and oxygen atoms in total. The summed E-state index contributed by atoms with van der Waals surface area (Å²) in [6.07, 6.45) is 4.87. The number of aromatic nitrogens is 2. The van der Waals surface area contributed by atoms with Gasteiger partial charge < -0.3 is 10.1 Å². The van der Waals surface area contributed by atoms with Gasteiger partial charge in [-0.15, -0.1) is 11.3 Å². The number of carbonyl (C=O) groups excluding carboxylic acids is 2. The predicted molar refractivity (Wildman–Crippen MR) is 108 cm³/mol. The number of thiophene rings is 1. The second-order valence-electron chi connectivity index (χ2n) is 8.21. The number of anilines is 1. The van der Waals surface area contributed by atoms with Gasteiger partial charge in [0.15, 0.2) is 0 Å². The highest BCUT2D eigenvalue weighted by Gasteiger charge is 2.34. The molecule has 2 aromatic rings. The molecule has 0 saturated heterocycles. The van der Waals surface area contributed by atoms with Crippen LogP contribution in [0.1, 0.15) is 48.0 Å². The minimum Gasteiger partial charge on any atom is -0.465 e. The summed E-state index contributed by atoms with van der Waals surface area (Å²) in [5, 5.41) is 17.8. The molecule has 0 bridgehead atoms. The average Bonchev–Trinajstić information content (AvgIpc) is 3.23. The van der Waals surface area contributed by atoms with E-state index in [1.165, 1.54) is 29.3 Å². The monoisotopic (exact) mass is 420 g/mol. The molecule has 1 N–H and O–H groups in total. The number of esters is 1. The fourth-order valence-electron chi connectivity index (χ4n) is 3.58. The molecule has 156 valence electrons. The van der Waals surface area contributed by atoms with Gasteiger partial charge in [-0.25, -0.2) is 4.79 Å². The van der Waals surface area contributed by atoms with Crippen molar-refractivity contribution in [1.29, 1.82) is 0 Å². The molecule has 0 radical (unpaired) electrons. The van der Waals surface area contributed by atoms with E-state index in [0.29, 0.717) is 16.5 Å². The molecule has 2 aromatic heterocycles. The summed E-state index contributed by atoms with van der Waals surface area (Å²) in [6.45, 7) is 6.44. The molecular formula is C19H24N4O5S. The topological polar surface area (TPSA) is 116 Å². The SMILES string of the molecule is COC(=O)c1c(NC(=O)Cn2cc([N+](=O)[O-])cn2)sc2c1CC[C@H](C(C)(C)C)C2. The van der Waals surface area contributed by atoms with Crippen LogP contribution in [0.25, 0.3) is 0 Å². The Morgan fingerprint density at radius 3 is 2.76 bits per heavy atom. The van der Waals surface area contributed by atoms with E-state index in [1.54, 1.807) is 0 Å². The normalized spacial score (nSPS) is 16.2. The first kappa shape index (κ1) is 21.0. The third-order valence-corrected chi connectivity index (χ3v) is 6.44. The van der Waals surface area contributed by atoms with Crippen molar-refractivity contribution in [3.63, 3.8) is 0 Å². The van der Waals surface area contributed by atoms with Gasteiger partial charge in [-0.3, -0.25) is 19.6 Å². The Bertz CT molecular complexity index is 956. The molecule has 3 rings (SSSR count). The van der Waals surface area contributed by atoms with E-state index in [9.17, 15) is 19.7 Å². The number of hydrogen-bond acceptors (Lipinski definition) is 7. The molecule has 1 atom stereocenters. The van der Waals surface area contributed by atoms with Crippen molar-refractivity contribution < 1.29 is 19.2 Å². The van der Waals surface area contributed by atoms with Crippen LogP contribution >= 0.6 is 11.3 Å². The van der Waals surface area contributed by atoms with Gasteiger partial charge in [0.25, 0.3) is 0 Å². The van der Waals surface area contributed by atoms with Crippen LogP contribution in [0.5, 0.6) is 0 Å². The van der Waals surface area contributed by atoms with E-state index >= 15 is 0 Å². The number of ether oxygens (including phenoxy) is 1. The van der Waals surface area contributed by atoms with Gasteiger partial charge in [-0.05, 0) is 36.2 Å². The molecule has 1 amide bonds. The summed E-state index contributed by atoms with van der Waals surface area (Å²) in [6, 6.07) is 0. The summed E-state index contributed by atoms with van der Waals surface area (Å²) in [7, 11) is 1.32. The third-order valence-electron chi connectivity index (χ3n) is 5.27. The fourth-order valence-corrected chi connectivity index (χ4v) is 4.91. The molecule has 1 aliphatic rings. The van der Waals surface area contributed by atoms with E-state index in [2.05, 4.69) is 31.2 Å². The van der Waals surface area contributed by atoms with Gasteiger partial charge in [0.05, 0.1) is 17.6 Å². The van der Waals surface area contributed by atoms with Crippen LogP contribution in [0.3, 0.4) is 0 Å². The number of fused-ring (bicyclic) bond motifs is 1. The standard InChI is InChI=1S/C19H24N4O5S/c1-19(2,3)11-5-6-13-14(7-11)29-17(16(13)18(25)28-4)21-15(24)10-22-9-12(8-20-22)23(26)27/h8-9,11H,5-7,10H2,1-4H3,(H,21,24)/t11-/m0/s1. The van der Waals surface area contributed by atoms with E-state index in [0.717, 1.165) is 35.9 Å². The van der Waals surface area contributed by atoms with Crippen LogP contribution in [0.2, 0.25) is 0 Å². The lowest BCUT2D eigenvalue weighted by molar-refractivity contribution is -0.385. The van der Waals surface area contributed by atoms with Gasteiger partial charge in [0, 0.05) is 4.88 Å². The molecule has 2 heterocycles. The van der Waals surface area contributed by atoms with Gasteiger partial charge >= 0.3 is 11.7 Å². The maximum atomic E-state index is 12.5. The highest BCUT2D eigenvalue weighted by Crippen LogP contribution is 2.44. The van der Waals surface area contributed by atoms with E-state index in [4.69, 9.17) is 4.74 Å². The van der Waals surface area contributed by atoms with Gasteiger partial charge in [-0.1, -0.05) is 20.8 Å². The largest absolute Gasteiger partial charge is 0.465 e. The molecule has 0 spiro atoms. The molecular weight excluding hydrogens is 396 g/mol. The lowest BCUT2D eigenvalue weighted by Gasteiger charge is -2.33. The number of hydrogen-bond donors (Lipinski definition) is 1.